The molecular formula is C23H35N3O4S. The number of nitrogens with zero attached hydrogens (tertiary/aromatic N) is 2. The van der Waals surface area contributed by atoms with Crippen LogP contribution in [0.5, 0.6) is 5.88 Å². The van der Waals surface area contributed by atoms with Crippen molar-refractivity contribution in [3.8, 4) is 5.88 Å². The molecule has 0 aliphatic heterocycles. The number of aromatic nitrogens is 1. The number of carbonyl (C=O) groups is 1. The van der Waals surface area contributed by atoms with Crippen LogP contribution in [0, 0.1) is 5.92 Å². The van der Waals surface area contributed by atoms with Crippen molar-refractivity contribution in [1.29, 1.82) is 0 Å². The SMILES string of the molecule is C/C=C(C)\C=C(/CN(C)S(=O)(=O)CCCC)C(=O)NC(c1cccc(OC)n1)C1CC1. The summed E-state index contributed by atoms with van der Waals surface area (Å²) in [6.07, 6.45) is 7.07. The van der Waals surface area contributed by atoms with E-state index in [1.165, 1.54) is 11.4 Å². The lowest BCUT2D eigenvalue weighted by atomic mass is 10.1. The van der Waals surface area contributed by atoms with Gasteiger partial charge in [-0.3, -0.25) is 4.79 Å². The second-order valence-corrected chi connectivity index (χ2v) is 10.2. The summed E-state index contributed by atoms with van der Waals surface area (Å²) in [6.45, 7) is 5.75. The summed E-state index contributed by atoms with van der Waals surface area (Å²) in [5.74, 6) is 0.620. The zero-order valence-electron chi connectivity index (χ0n) is 19.2. The molecule has 1 N–H and O–H groups in total. The Morgan fingerprint density at radius 3 is 2.68 bits per heavy atom. The highest BCUT2D eigenvalue weighted by Gasteiger charge is 2.35. The second-order valence-electron chi connectivity index (χ2n) is 8.02. The normalized spacial score (nSPS) is 16.3. The van der Waals surface area contributed by atoms with Crippen LogP contribution in [0.25, 0.3) is 0 Å². The predicted molar refractivity (Wildman–Crippen MR) is 123 cm³/mol. The van der Waals surface area contributed by atoms with Gasteiger partial charge < -0.3 is 10.1 Å². The minimum absolute atomic E-state index is 0.0198. The van der Waals surface area contributed by atoms with Crippen LogP contribution in [-0.2, 0) is 14.8 Å². The number of amides is 1. The number of allylic oxidation sites excluding steroid dienone is 3. The highest BCUT2D eigenvalue weighted by molar-refractivity contribution is 7.89. The zero-order valence-corrected chi connectivity index (χ0v) is 20.0. The zero-order chi connectivity index (χ0) is 23.0. The summed E-state index contributed by atoms with van der Waals surface area (Å²) in [5, 5.41) is 3.10. The number of pyridine rings is 1. The first-order chi connectivity index (χ1) is 14.7. The Bertz CT molecular complexity index is 921. The number of hydrogen-bond acceptors (Lipinski definition) is 5. The van der Waals surface area contributed by atoms with Gasteiger partial charge in [0, 0.05) is 25.2 Å². The number of hydrogen-bond donors (Lipinski definition) is 1. The average Bonchev–Trinajstić information content (AvgIpc) is 3.60. The number of nitrogens with one attached hydrogen (secondary N) is 1. The number of rotatable bonds is 12. The van der Waals surface area contributed by atoms with Gasteiger partial charge >= 0.3 is 0 Å². The second kappa shape index (κ2) is 11.4. The van der Waals surface area contributed by atoms with E-state index in [1.807, 2.05) is 39.0 Å². The summed E-state index contributed by atoms with van der Waals surface area (Å²) < 4.78 is 31.6. The van der Waals surface area contributed by atoms with Gasteiger partial charge in [0.15, 0.2) is 0 Å². The molecule has 172 valence electrons. The molecule has 0 bridgehead atoms. The van der Waals surface area contributed by atoms with Crippen LogP contribution in [-0.4, -0.2) is 50.1 Å². The predicted octanol–water partition coefficient (Wildman–Crippen LogP) is 3.61. The van der Waals surface area contributed by atoms with Crippen molar-refractivity contribution < 1.29 is 17.9 Å². The molecule has 31 heavy (non-hydrogen) atoms. The quantitative estimate of drug-likeness (QED) is 0.389. The molecule has 1 amide bonds. The number of carbonyl (C=O) groups excluding carboxylic acids is 1. The van der Waals surface area contributed by atoms with Gasteiger partial charge in [-0.2, -0.15) is 0 Å². The van der Waals surface area contributed by atoms with E-state index in [0.717, 1.165) is 30.5 Å². The molecule has 0 saturated heterocycles. The first-order valence-corrected chi connectivity index (χ1v) is 12.4. The van der Waals surface area contributed by atoms with Crippen LogP contribution in [0.15, 0.2) is 41.5 Å². The molecule has 1 aromatic rings. The van der Waals surface area contributed by atoms with Gasteiger partial charge in [-0.05, 0) is 51.2 Å². The molecule has 0 aromatic carbocycles. The third kappa shape index (κ3) is 7.47. The van der Waals surface area contributed by atoms with Crippen molar-refractivity contribution in [1.82, 2.24) is 14.6 Å². The molecule has 1 aromatic heterocycles. The van der Waals surface area contributed by atoms with E-state index in [9.17, 15) is 13.2 Å². The van der Waals surface area contributed by atoms with Crippen LogP contribution >= 0.6 is 0 Å². The molecule has 0 spiro atoms. The van der Waals surface area contributed by atoms with Crippen LogP contribution < -0.4 is 10.1 Å². The highest BCUT2D eigenvalue weighted by atomic mass is 32.2. The van der Waals surface area contributed by atoms with E-state index in [2.05, 4.69) is 10.3 Å². The van der Waals surface area contributed by atoms with Crippen LogP contribution in [0.4, 0.5) is 0 Å². The lowest BCUT2D eigenvalue weighted by Gasteiger charge is -2.22. The molecule has 1 unspecified atom stereocenters. The van der Waals surface area contributed by atoms with Gasteiger partial charge in [0.1, 0.15) is 0 Å². The van der Waals surface area contributed by atoms with E-state index < -0.39 is 10.0 Å². The number of sulfonamides is 1. The van der Waals surface area contributed by atoms with E-state index in [4.69, 9.17) is 4.74 Å². The minimum Gasteiger partial charge on any atom is -0.481 e. The number of unbranched alkanes of at least 4 members (excludes halogenated alkanes) is 1. The molecule has 1 saturated carbocycles. The molecule has 1 aliphatic rings. The molecule has 1 atom stereocenters. The maximum Gasteiger partial charge on any atom is 0.249 e. The number of likely N-dealkylation sites (N-methyl/N-ethyl adjacent to an activating group) is 1. The van der Waals surface area contributed by atoms with Gasteiger partial charge in [0.05, 0.1) is 24.6 Å². The lowest BCUT2D eigenvalue weighted by molar-refractivity contribution is -0.118. The van der Waals surface area contributed by atoms with Gasteiger partial charge in [0.2, 0.25) is 21.8 Å². The molecule has 8 heteroatoms. The average molecular weight is 450 g/mol. The first kappa shape index (κ1) is 25.1. The molecule has 0 radical (unpaired) electrons. The van der Waals surface area contributed by atoms with Gasteiger partial charge in [-0.15, -0.1) is 0 Å². The Morgan fingerprint density at radius 1 is 1.39 bits per heavy atom. The van der Waals surface area contributed by atoms with Gasteiger partial charge in [0.25, 0.3) is 0 Å². The molecular weight excluding hydrogens is 414 g/mol. The highest BCUT2D eigenvalue weighted by Crippen LogP contribution is 2.40. The van der Waals surface area contributed by atoms with Crippen LogP contribution in [0.3, 0.4) is 0 Å². The largest absolute Gasteiger partial charge is 0.481 e. The molecule has 1 heterocycles. The Balaban J connectivity index is 2.25. The topological polar surface area (TPSA) is 88.6 Å². The van der Waals surface area contributed by atoms with Crippen molar-refractivity contribution in [3.05, 3.63) is 47.2 Å². The Morgan fingerprint density at radius 2 is 2.10 bits per heavy atom. The first-order valence-electron chi connectivity index (χ1n) is 10.8. The Kier molecular flexibility index (Phi) is 9.25. The van der Waals surface area contributed by atoms with Crippen molar-refractivity contribution in [3.63, 3.8) is 0 Å². The van der Waals surface area contributed by atoms with Crippen molar-refractivity contribution >= 4 is 15.9 Å². The van der Waals surface area contributed by atoms with Crippen LogP contribution in [0.2, 0.25) is 0 Å². The fourth-order valence-corrected chi connectivity index (χ4v) is 4.48. The minimum atomic E-state index is -3.42. The Hall–Kier alpha value is -2.19. The monoisotopic (exact) mass is 449 g/mol. The summed E-state index contributed by atoms with van der Waals surface area (Å²) in [7, 11) is -0.334. The number of methoxy groups -OCH3 is 1. The van der Waals surface area contributed by atoms with E-state index in [-0.39, 0.29) is 24.2 Å². The third-order valence-corrected chi connectivity index (χ3v) is 7.31. The summed E-state index contributed by atoms with van der Waals surface area (Å²) in [4.78, 5) is 17.8. The lowest BCUT2D eigenvalue weighted by Crippen LogP contribution is -2.37. The molecule has 1 fully saturated rings. The maximum absolute atomic E-state index is 13.3. The molecule has 2 rings (SSSR count). The standard InChI is InChI=1S/C23H35N3O4S/c1-6-8-14-31(28,29)26(4)16-19(15-17(3)7-2)23(27)25-22(18-12-13-18)20-10-9-11-21(24-20)30-5/h7,9-11,15,18,22H,6,8,12-14,16H2,1-5H3,(H,25,27)/b17-7-,19-15+. The molecule has 7 nitrogen and oxygen atoms in total. The van der Waals surface area contributed by atoms with Crippen LogP contribution in [0.1, 0.15) is 58.2 Å². The van der Waals surface area contributed by atoms with Crippen molar-refractivity contribution in [2.24, 2.45) is 5.92 Å². The van der Waals surface area contributed by atoms with Gasteiger partial charge in [-0.1, -0.05) is 31.1 Å². The maximum atomic E-state index is 13.3. The fourth-order valence-electron chi connectivity index (χ4n) is 3.18. The van der Waals surface area contributed by atoms with E-state index in [0.29, 0.717) is 23.8 Å². The molecule has 1 aliphatic carbocycles. The summed E-state index contributed by atoms with van der Waals surface area (Å²) in [6, 6.07) is 5.27. The number of ether oxygens (including phenoxy) is 1. The summed E-state index contributed by atoms with van der Waals surface area (Å²) in [5.41, 5.74) is 2.06. The smallest absolute Gasteiger partial charge is 0.249 e. The van der Waals surface area contributed by atoms with E-state index >= 15 is 0 Å². The van der Waals surface area contributed by atoms with Gasteiger partial charge in [-0.25, -0.2) is 17.7 Å². The van der Waals surface area contributed by atoms with Crippen molar-refractivity contribution in [2.75, 3.05) is 26.5 Å². The van der Waals surface area contributed by atoms with E-state index in [1.54, 1.807) is 19.3 Å². The fraction of sp³-hybridized carbons (Fsp3) is 0.565. The Labute approximate surface area is 186 Å². The summed E-state index contributed by atoms with van der Waals surface area (Å²) >= 11 is 0. The third-order valence-electron chi connectivity index (χ3n) is 5.43. The van der Waals surface area contributed by atoms with Crippen molar-refractivity contribution in [2.45, 2.75) is 52.5 Å².